The van der Waals surface area contributed by atoms with E-state index < -0.39 is 0 Å². The molecule has 0 spiro atoms. The van der Waals surface area contributed by atoms with Crippen molar-refractivity contribution in [2.75, 3.05) is 0 Å². The Morgan fingerprint density at radius 2 is 1.89 bits per heavy atom. The van der Waals surface area contributed by atoms with E-state index in [1.165, 1.54) is 30.9 Å². The molecule has 96 valence electrons. The van der Waals surface area contributed by atoms with Crippen molar-refractivity contribution >= 4 is 43.2 Å². The Kier molecular flexibility index (Phi) is 4.68. The largest absolute Gasteiger partial charge is 0.143 e. The molecule has 1 atom stereocenters. The summed E-state index contributed by atoms with van der Waals surface area (Å²) in [6.45, 7) is 6.48. The number of hydrogen-bond acceptors (Lipinski definition) is 1. The first-order valence-electron chi connectivity index (χ1n) is 5.93. The van der Waals surface area contributed by atoms with E-state index in [0.29, 0.717) is 4.83 Å². The summed E-state index contributed by atoms with van der Waals surface area (Å²) in [4.78, 5) is 3.13. The van der Waals surface area contributed by atoms with Crippen molar-refractivity contribution in [1.82, 2.24) is 0 Å². The molecule has 18 heavy (non-hydrogen) atoms. The molecule has 1 heterocycles. The van der Waals surface area contributed by atoms with E-state index in [9.17, 15) is 0 Å². The van der Waals surface area contributed by atoms with Crippen LogP contribution in [0.2, 0.25) is 0 Å². The number of benzene rings is 1. The highest BCUT2D eigenvalue weighted by Crippen LogP contribution is 2.37. The molecule has 0 bridgehead atoms. The van der Waals surface area contributed by atoms with Crippen LogP contribution in [0.15, 0.2) is 28.7 Å². The fraction of sp³-hybridized carbons (Fsp3) is 0.333. The first-order chi connectivity index (χ1) is 8.47. The van der Waals surface area contributed by atoms with Gasteiger partial charge in [-0.15, -0.1) is 11.3 Å². The molecule has 0 saturated heterocycles. The van der Waals surface area contributed by atoms with Crippen LogP contribution in [0.4, 0.5) is 0 Å². The van der Waals surface area contributed by atoms with Crippen LogP contribution in [0.25, 0.3) is 0 Å². The molecular weight excluding hydrogens is 372 g/mol. The Morgan fingerprint density at radius 3 is 2.50 bits per heavy atom. The minimum absolute atomic E-state index is 0.396. The van der Waals surface area contributed by atoms with Crippen LogP contribution in [0.1, 0.15) is 31.3 Å². The van der Waals surface area contributed by atoms with Gasteiger partial charge in [0.15, 0.2) is 0 Å². The van der Waals surface area contributed by atoms with E-state index in [2.05, 4.69) is 76.9 Å². The fourth-order valence-electron chi connectivity index (χ4n) is 1.95. The molecular formula is C15H16Br2S. The molecule has 0 nitrogen and oxygen atoms in total. The molecule has 3 heteroatoms. The number of thiophene rings is 1. The Bertz CT molecular complexity index is 538. The summed E-state index contributed by atoms with van der Waals surface area (Å²) in [6, 6.07) is 8.90. The lowest BCUT2D eigenvalue weighted by atomic mass is 10.0. The van der Waals surface area contributed by atoms with Gasteiger partial charge in [0.2, 0.25) is 0 Å². The van der Waals surface area contributed by atoms with Gasteiger partial charge in [-0.2, -0.15) is 0 Å². The summed E-state index contributed by atoms with van der Waals surface area (Å²) < 4.78 is 1.22. The average Bonchev–Trinajstić information content (AvgIpc) is 2.64. The van der Waals surface area contributed by atoms with Crippen molar-refractivity contribution in [2.45, 2.75) is 32.0 Å². The predicted molar refractivity (Wildman–Crippen MR) is 88.0 cm³/mol. The van der Waals surface area contributed by atoms with Gasteiger partial charge in [0, 0.05) is 14.2 Å². The Hall–Kier alpha value is -0.120. The number of aryl methyl sites for hydroxylation is 3. The molecule has 0 aliphatic heterocycles. The molecule has 0 N–H and O–H groups in total. The SMILES string of the molecule is Cc1ccc(C)c(CC(Br)c2cc(Br)c(C)s2)c1. The van der Waals surface area contributed by atoms with Crippen LogP contribution in [0.3, 0.4) is 0 Å². The second-order valence-corrected chi connectivity index (χ2v) is 7.90. The maximum atomic E-state index is 3.82. The van der Waals surface area contributed by atoms with Crippen molar-refractivity contribution in [3.05, 3.63) is 55.2 Å². The quantitative estimate of drug-likeness (QED) is 0.557. The predicted octanol–water partition coefficient (Wildman–Crippen LogP) is 6.11. The normalized spacial score (nSPS) is 12.7. The monoisotopic (exact) mass is 386 g/mol. The lowest BCUT2D eigenvalue weighted by molar-refractivity contribution is 0.954. The molecule has 0 saturated carbocycles. The maximum absolute atomic E-state index is 3.82. The summed E-state index contributed by atoms with van der Waals surface area (Å²) in [5, 5.41) is 0. The summed E-state index contributed by atoms with van der Waals surface area (Å²) in [5.41, 5.74) is 4.13. The Labute approximate surface area is 130 Å². The summed E-state index contributed by atoms with van der Waals surface area (Å²) in [6.07, 6.45) is 1.04. The van der Waals surface area contributed by atoms with Crippen LogP contribution in [-0.4, -0.2) is 0 Å². The van der Waals surface area contributed by atoms with Gasteiger partial charge in [0.25, 0.3) is 0 Å². The van der Waals surface area contributed by atoms with Crippen LogP contribution in [0, 0.1) is 20.8 Å². The van der Waals surface area contributed by atoms with Crippen LogP contribution in [0.5, 0.6) is 0 Å². The molecule has 0 amide bonds. The lowest BCUT2D eigenvalue weighted by Crippen LogP contribution is -1.96. The third-order valence-electron chi connectivity index (χ3n) is 3.09. The molecule has 0 radical (unpaired) electrons. The number of halogens is 2. The van der Waals surface area contributed by atoms with E-state index in [-0.39, 0.29) is 0 Å². The Balaban J connectivity index is 2.20. The molecule has 1 unspecified atom stereocenters. The van der Waals surface area contributed by atoms with Gasteiger partial charge < -0.3 is 0 Å². The van der Waals surface area contributed by atoms with Gasteiger partial charge in [-0.25, -0.2) is 0 Å². The van der Waals surface area contributed by atoms with E-state index >= 15 is 0 Å². The highest BCUT2D eigenvalue weighted by Gasteiger charge is 2.14. The third kappa shape index (κ3) is 3.25. The lowest BCUT2D eigenvalue weighted by Gasteiger charge is -2.11. The first kappa shape index (κ1) is 14.3. The fourth-order valence-corrected chi connectivity index (χ4v) is 4.25. The zero-order valence-electron chi connectivity index (χ0n) is 10.8. The maximum Gasteiger partial charge on any atom is 0.0530 e. The van der Waals surface area contributed by atoms with Crippen molar-refractivity contribution in [3.63, 3.8) is 0 Å². The topological polar surface area (TPSA) is 0 Å². The zero-order valence-corrected chi connectivity index (χ0v) is 14.7. The molecule has 1 aromatic heterocycles. The van der Waals surface area contributed by atoms with Crippen LogP contribution < -0.4 is 0 Å². The molecule has 1 aromatic carbocycles. The number of alkyl halides is 1. The third-order valence-corrected chi connectivity index (χ3v) is 6.46. The highest BCUT2D eigenvalue weighted by atomic mass is 79.9. The van der Waals surface area contributed by atoms with Gasteiger partial charge in [-0.1, -0.05) is 39.7 Å². The zero-order chi connectivity index (χ0) is 13.3. The Morgan fingerprint density at radius 1 is 1.17 bits per heavy atom. The average molecular weight is 388 g/mol. The molecule has 0 aliphatic carbocycles. The summed E-state index contributed by atoms with van der Waals surface area (Å²) in [5.74, 6) is 0. The van der Waals surface area contributed by atoms with Gasteiger partial charge in [0.1, 0.15) is 0 Å². The molecule has 0 aliphatic rings. The van der Waals surface area contributed by atoms with Crippen molar-refractivity contribution < 1.29 is 0 Å². The van der Waals surface area contributed by atoms with Crippen molar-refractivity contribution in [1.29, 1.82) is 0 Å². The van der Waals surface area contributed by atoms with Gasteiger partial charge in [0.05, 0.1) is 4.83 Å². The van der Waals surface area contributed by atoms with E-state index in [0.717, 1.165) is 6.42 Å². The van der Waals surface area contributed by atoms with E-state index in [1.807, 2.05) is 11.3 Å². The second-order valence-electron chi connectivity index (χ2n) is 4.65. The highest BCUT2D eigenvalue weighted by molar-refractivity contribution is 9.10. The molecule has 2 rings (SSSR count). The molecule has 0 fully saturated rings. The summed E-state index contributed by atoms with van der Waals surface area (Å²) >= 11 is 9.26. The van der Waals surface area contributed by atoms with Crippen molar-refractivity contribution in [2.24, 2.45) is 0 Å². The standard InChI is InChI=1S/C15H16Br2S/c1-9-4-5-10(2)12(6-9)7-14(17)15-8-13(16)11(3)18-15/h4-6,8,14H,7H2,1-3H3. The van der Waals surface area contributed by atoms with Gasteiger partial charge in [-0.05, 0) is 60.3 Å². The van der Waals surface area contributed by atoms with Crippen molar-refractivity contribution in [3.8, 4) is 0 Å². The van der Waals surface area contributed by atoms with E-state index in [4.69, 9.17) is 0 Å². The van der Waals surface area contributed by atoms with Crippen LogP contribution in [-0.2, 0) is 6.42 Å². The van der Waals surface area contributed by atoms with Crippen LogP contribution >= 0.6 is 43.2 Å². The second kappa shape index (κ2) is 5.89. The van der Waals surface area contributed by atoms with E-state index in [1.54, 1.807) is 0 Å². The smallest absolute Gasteiger partial charge is 0.0530 e. The molecule has 2 aromatic rings. The first-order valence-corrected chi connectivity index (χ1v) is 8.46. The minimum atomic E-state index is 0.396. The van der Waals surface area contributed by atoms with Gasteiger partial charge >= 0.3 is 0 Å². The van der Waals surface area contributed by atoms with Gasteiger partial charge in [-0.3, -0.25) is 0 Å². The minimum Gasteiger partial charge on any atom is -0.143 e. The number of hydrogen-bond donors (Lipinski definition) is 0. The number of rotatable bonds is 3. The summed E-state index contributed by atoms with van der Waals surface area (Å²) in [7, 11) is 0.